The second kappa shape index (κ2) is 6.16. The minimum Gasteiger partial charge on any atom is -0.381 e. The summed E-state index contributed by atoms with van der Waals surface area (Å²) in [5.74, 6) is 0. The molecule has 1 heterocycles. The van der Waals surface area contributed by atoms with Crippen LogP contribution in [0.4, 0.5) is 5.69 Å². The first-order valence-corrected chi connectivity index (χ1v) is 8.26. The average molecular weight is 406 g/mol. The molecule has 0 bridgehead atoms. The topological polar surface area (TPSA) is 24.9 Å². The Hall–Kier alpha value is -1.39. The predicted octanol–water partition coefficient (Wildman–Crippen LogP) is 5.68. The fourth-order valence-corrected chi connectivity index (χ4v) is 3.15. The van der Waals surface area contributed by atoms with Gasteiger partial charge in [-0.2, -0.15) is 0 Å². The van der Waals surface area contributed by atoms with Crippen LogP contribution in [0.5, 0.6) is 0 Å². The molecule has 0 saturated heterocycles. The fraction of sp³-hybridized carbons (Fsp3) is 0.118. The molecule has 0 amide bonds. The van der Waals surface area contributed by atoms with E-state index in [9.17, 15) is 0 Å². The second-order valence-electron chi connectivity index (χ2n) is 4.87. The van der Waals surface area contributed by atoms with Crippen LogP contribution in [0.25, 0.3) is 10.9 Å². The van der Waals surface area contributed by atoms with E-state index in [0.717, 1.165) is 32.1 Å². The molecule has 1 N–H and O–H groups in total. The van der Waals surface area contributed by atoms with Crippen molar-refractivity contribution >= 4 is 48.5 Å². The van der Waals surface area contributed by atoms with Crippen molar-refractivity contribution in [3.8, 4) is 0 Å². The maximum atomic E-state index is 4.51. The number of anilines is 1. The number of halogens is 2. The van der Waals surface area contributed by atoms with Crippen LogP contribution in [-0.4, -0.2) is 4.98 Å². The third-order valence-electron chi connectivity index (χ3n) is 3.54. The highest BCUT2D eigenvalue weighted by atomic mass is 79.9. The van der Waals surface area contributed by atoms with Crippen molar-refractivity contribution in [3.63, 3.8) is 0 Å². The fourth-order valence-electron chi connectivity index (χ4n) is 2.33. The first-order valence-electron chi connectivity index (χ1n) is 6.68. The van der Waals surface area contributed by atoms with Gasteiger partial charge >= 0.3 is 0 Å². The highest BCUT2D eigenvalue weighted by molar-refractivity contribution is 9.11. The van der Waals surface area contributed by atoms with Crippen LogP contribution < -0.4 is 5.32 Å². The summed E-state index contributed by atoms with van der Waals surface area (Å²) in [6.45, 7) is 2.85. The van der Waals surface area contributed by atoms with Crippen molar-refractivity contribution in [2.24, 2.45) is 0 Å². The van der Waals surface area contributed by atoms with Gasteiger partial charge in [-0.1, -0.05) is 50.1 Å². The molecule has 106 valence electrons. The minimum absolute atomic E-state index is 0.748. The van der Waals surface area contributed by atoms with Gasteiger partial charge in [0.1, 0.15) is 0 Å². The molecule has 0 fully saturated rings. The molecule has 0 radical (unpaired) electrons. The van der Waals surface area contributed by atoms with E-state index < -0.39 is 0 Å². The molecule has 3 aromatic rings. The van der Waals surface area contributed by atoms with Crippen LogP contribution >= 0.6 is 31.9 Å². The van der Waals surface area contributed by atoms with E-state index in [-0.39, 0.29) is 0 Å². The molecule has 0 saturated carbocycles. The van der Waals surface area contributed by atoms with Crippen LogP contribution in [0, 0.1) is 6.92 Å². The number of hydrogen-bond acceptors (Lipinski definition) is 2. The SMILES string of the molecule is Cc1c(Br)cccc1NCc1ccc(Br)c2cccnc12. The first kappa shape index (κ1) is 14.5. The molecule has 0 atom stereocenters. The number of aromatic nitrogens is 1. The van der Waals surface area contributed by atoms with Gasteiger partial charge in [0, 0.05) is 32.8 Å². The predicted molar refractivity (Wildman–Crippen MR) is 95.6 cm³/mol. The van der Waals surface area contributed by atoms with E-state index >= 15 is 0 Å². The molecular formula is C17H14Br2N2. The lowest BCUT2D eigenvalue weighted by Crippen LogP contribution is -2.02. The lowest BCUT2D eigenvalue weighted by Gasteiger charge is -2.12. The van der Waals surface area contributed by atoms with Crippen molar-refractivity contribution in [3.05, 3.63) is 68.7 Å². The van der Waals surface area contributed by atoms with Crippen molar-refractivity contribution < 1.29 is 0 Å². The molecule has 0 aliphatic heterocycles. The van der Waals surface area contributed by atoms with Gasteiger partial charge in [-0.15, -0.1) is 0 Å². The van der Waals surface area contributed by atoms with E-state index in [0.29, 0.717) is 0 Å². The standard InChI is InChI=1S/C17H14Br2N2/c1-11-14(18)5-2-6-16(11)21-10-12-7-8-15(19)13-4-3-9-20-17(12)13/h2-9,21H,10H2,1H3. The largest absolute Gasteiger partial charge is 0.381 e. The highest BCUT2D eigenvalue weighted by Crippen LogP contribution is 2.27. The van der Waals surface area contributed by atoms with Gasteiger partial charge in [-0.25, -0.2) is 0 Å². The number of pyridine rings is 1. The van der Waals surface area contributed by atoms with Crippen LogP contribution in [0.15, 0.2) is 57.6 Å². The zero-order valence-electron chi connectivity index (χ0n) is 11.5. The summed E-state index contributed by atoms with van der Waals surface area (Å²) in [5, 5.41) is 4.64. The summed E-state index contributed by atoms with van der Waals surface area (Å²) in [7, 11) is 0. The molecule has 0 aliphatic rings. The van der Waals surface area contributed by atoms with Gasteiger partial charge in [0.2, 0.25) is 0 Å². The van der Waals surface area contributed by atoms with Gasteiger partial charge in [-0.3, -0.25) is 4.98 Å². The van der Waals surface area contributed by atoms with E-state index in [2.05, 4.69) is 79.4 Å². The summed E-state index contributed by atoms with van der Waals surface area (Å²) in [4.78, 5) is 4.51. The van der Waals surface area contributed by atoms with E-state index in [1.54, 1.807) is 0 Å². The zero-order valence-corrected chi connectivity index (χ0v) is 14.7. The molecule has 0 aliphatic carbocycles. The number of nitrogens with one attached hydrogen (secondary N) is 1. The quantitative estimate of drug-likeness (QED) is 0.606. The maximum absolute atomic E-state index is 4.51. The molecule has 4 heteroatoms. The van der Waals surface area contributed by atoms with Gasteiger partial charge in [0.25, 0.3) is 0 Å². The van der Waals surface area contributed by atoms with Crippen LogP contribution in [0.3, 0.4) is 0 Å². The Morgan fingerprint density at radius 1 is 1.00 bits per heavy atom. The summed E-state index contributed by atoms with van der Waals surface area (Å²) in [6.07, 6.45) is 1.84. The highest BCUT2D eigenvalue weighted by Gasteiger charge is 2.06. The first-order chi connectivity index (χ1) is 10.2. The van der Waals surface area contributed by atoms with Gasteiger partial charge in [-0.05, 0) is 42.3 Å². The van der Waals surface area contributed by atoms with E-state index in [1.807, 2.05) is 18.3 Å². The number of nitrogens with zero attached hydrogens (tertiary/aromatic N) is 1. The Morgan fingerprint density at radius 3 is 2.71 bits per heavy atom. The van der Waals surface area contributed by atoms with Crippen molar-refractivity contribution in [2.45, 2.75) is 13.5 Å². The molecule has 1 aromatic heterocycles. The number of benzene rings is 2. The second-order valence-corrected chi connectivity index (χ2v) is 6.58. The Bertz CT molecular complexity index is 800. The van der Waals surface area contributed by atoms with E-state index in [1.165, 1.54) is 11.1 Å². The average Bonchev–Trinajstić information content (AvgIpc) is 2.51. The molecule has 3 rings (SSSR count). The van der Waals surface area contributed by atoms with Crippen LogP contribution in [-0.2, 0) is 6.54 Å². The van der Waals surface area contributed by atoms with Crippen molar-refractivity contribution in [1.29, 1.82) is 0 Å². The summed E-state index contributed by atoms with van der Waals surface area (Å²) in [6, 6.07) is 14.4. The molecule has 0 spiro atoms. The molecule has 21 heavy (non-hydrogen) atoms. The number of fused-ring (bicyclic) bond motifs is 1. The third kappa shape index (κ3) is 2.97. The molecule has 2 nitrogen and oxygen atoms in total. The third-order valence-corrected chi connectivity index (χ3v) is 5.09. The molecule has 2 aromatic carbocycles. The van der Waals surface area contributed by atoms with Crippen LogP contribution in [0.2, 0.25) is 0 Å². The minimum atomic E-state index is 0.748. The summed E-state index contributed by atoms with van der Waals surface area (Å²) in [5.41, 5.74) is 4.57. The molecule has 0 unspecified atom stereocenters. The van der Waals surface area contributed by atoms with Crippen LogP contribution in [0.1, 0.15) is 11.1 Å². The smallest absolute Gasteiger partial charge is 0.0763 e. The summed E-state index contributed by atoms with van der Waals surface area (Å²) < 4.78 is 2.19. The summed E-state index contributed by atoms with van der Waals surface area (Å²) >= 11 is 7.14. The van der Waals surface area contributed by atoms with Gasteiger partial charge in [0.05, 0.1) is 5.52 Å². The lowest BCUT2D eigenvalue weighted by atomic mass is 10.1. The van der Waals surface area contributed by atoms with Gasteiger partial charge < -0.3 is 5.32 Å². The number of rotatable bonds is 3. The Balaban J connectivity index is 1.92. The zero-order chi connectivity index (χ0) is 14.8. The van der Waals surface area contributed by atoms with E-state index in [4.69, 9.17) is 0 Å². The monoisotopic (exact) mass is 404 g/mol. The van der Waals surface area contributed by atoms with Crippen molar-refractivity contribution in [2.75, 3.05) is 5.32 Å². The lowest BCUT2D eigenvalue weighted by molar-refractivity contribution is 1.14. The normalized spacial score (nSPS) is 10.8. The Kier molecular flexibility index (Phi) is 4.27. The molecular weight excluding hydrogens is 392 g/mol. The van der Waals surface area contributed by atoms with Crippen molar-refractivity contribution in [1.82, 2.24) is 4.98 Å². The number of hydrogen-bond donors (Lipinski definition) is 1. The Morgan fingerprint density at radius 2 is 1.86 bits per heavy atom. The van der Waals surface area contributed by atoms with Gasteiger partial charge in [0.15, 0.2) is 0 Å². The Labute approximate surface area is 140 Å². The maximum Gasteiger partial charge on any atom is 0.0763 e.